The molecule has 2 heterocycles. The Bertz CT molecular complexity index is 1080. The summed E-state index contributed by atoms with van der Waals surface area (Å²) in [6.45, 7) is 2.40. The maximum atomic E-state index is 13.0. The zero-order valence-corrected chi connectivity index (χ0v) is 18.3. The van der Waals surface area contributed by atoms with Crippen LogP contribution in [0.25, 0.3) is 10.9 Å². The number of methoxy groups -OCH3 is 1. The van der Waals surface area contributed by atoms with Crippen molar-refractivity contribution in [2.45, 2.75) is 19.3 Å². The Morgan fingerprint density at radius 1 is 1.00 bits per heavy atom. The van der Waals surface area contributed by atoms with Gasteiger partial charge >= 0.3 is 0 Å². The Morgan fingerprint density at radius 2 is 1.74 bits per heavy atom. The standard InChI is InChI=1S/C24H26ClN3O3/c1-31-20-7-3-17(4-8-20)5-10-23(29)27-11-2-12-28(14-13-27)24(30)22-16-18-15-19(25)6-9-21(18)26-22/h3-4,6-9,15-16,26H,2,5,10-14H2,1H3. The number of hydrogen-bond acceptors (Lipinski definition) is 3. The number of aryl methyl sites for hydroxylation is 1. The van der Waals surface area contributed by atoms with Gasteiger partial charge < -0.3 is 19.5 Å². The Kier molecular flexibility index (Phi) is 6.47. The third kappa shape index (κ3) is 5.02. The Morgan fingerprint density at radius 3 is 2.52 bits per heavy atom. The fraction of sp³-hybridized carbons (Fsp3) is 0.333. The van der Waals surface area contributed by atoms with Gasteiger partial charge in [0.05, 0.1) is 7.11 Å². The number of halogens is 1. The number of benzene rings is 2. The molecule has 1 aliphatic rings. The topological polar surface area (TPSA) is 65.6 Å². The van der Waals surface area contributed by atoms with Crippen LogP contribution in [0.2, 0.25) is 5.02 Å². The number of carbonyl (C=O) groups is 2. The molecule has 3 aromatic rings. The summed E-state index contributed by atoms with van der Waals surface area (Å²) >= 11 is 6.05. The van der Waals surface area contributed by atoms with Crippen molar-refractivity contribution >= 4 is 34.3 Å². The Labute approximate surface area is 186 Å². The second-order valence-electron chi connectivity index (χ2n) is 7.79. The number of amides is 2. The van der Waals surface area contributed by atoms with E-state index in [9.17, 15) is 9.59 Å². The van der Waals surface area contributed by atoms with Crippen LogP contribution < -0.4 is 4.74 Å². The van der Waals surface area contributed by atoms with E-state index >= 15 is 0 Å². The van der Waals surface area contributed by atoms with Gasteiger partial charge in [0.25, 0.3) is 5.91 Å². The van der Waals surface area contributed by atoms with Gasteiger partial charge in [-0.1, -0.05) is 23.7 Å². The van der Waals surface area contributed by atoms with Gasteiger partial charge in [-0.15, -0.1) is 0 Å². The Hall–Kier alpha value is -2.99. The van der Waals surface area contributed by atoms with Crippen LogP contribution in [0.1, 0.15) is 28.9 Å². The third-order valence-corrected chi connectivity index (χ3v) is 5.97. The lowest BCUT2D eigenvalue weighted by Gasteiger charge is -2.22. The van der Waals surface area contributed by atoms with Crippen LogP contribution in [-0.4, -0.2) is 59.9 Å². The predicted octanol–water partition coefficient (Wildman–Crippen LogP) is 4.14. The van der Waals surface area contributed by atoms with E-state index in [1.54, 1.807) is 13.2 Å². The molecule has 6 nitrogen and oxygen atoms in total. The highest BCUT2D eigenvalue weighted by molar-refractivity contribution is 6.31. The van der Waals surface area contributed by atoms with Crippen molar-refractivity contribution in [3.05, 3.63) is 64.8 Å². The molecule has 4 rings (SSSR count). The normalized spacial score (nSPS) is 14.5. The van der Waals surface area contributed by atoms with Crippen LogP contribution >= 0.6 is 11.6 Å². The summed E-state index contributed by atoms with van der Waals surface area (Å²) in [5.41, 5.74) is 2.55. The molecular weight excluding hydrogens is 414 g/mol. The number of hydrogen-bond donors (Lipinski definition) is 1. The summed E-state index contributed by atoms with van der Waals surface area (Å²) in [5.74, 6) is 0.899. The van der Waals surface area contributed by atoms with Crippen molar-refractivity contribution in [2.75, 3.05) is 33.3 Å². The van der Waals surface area contributed by atoms with E-state index in [0.717, 1.165) is 28.6 Å². The smallest absolute Gasteiger partial charge is 0.270 e. The second kappa shape index (κ2) is 9.43. The molecule has 1 aliphatic heterocycles. The van der Waals surface area contributed by atoms with Crippen LogP contribution in [0, 0.1) is 0 Å². The SMILES string of the molecule is COc1ccc(CCC(=O)N2CCCN(C(=O)c3cc4cc(Cl)ccc4[nH]3)CC2)cc1. The molecular formula is C24H26ClN3O3. The van der Waals surface area contributed by atoms with Crippen molar-refractivity contribution in [3.63, 3.8) is 0 Å². The van der Waals surface area contributed by atoms with Crippen molar-refractivity contribution in [3.8, 4) is 5.75 Å². The molecule has 0 spiro atoms. The van der Waals surface area contributed by atoms with Gasteiger partial charge in [-0.25, -0.2) is 0 Å². The highest BCUT2D eigenvalue weighted by Gasteiger charge is 2.23. The van der Waals surface area contributed by atoms with Gasteiger partial charge in [0.2, 0.25) is 5.91 Å². The van der Waals surface area contributed by atoms with E-state index in [-0.39, 0.29) is 11.8 Å². The van der Waals surface area contributed by atoms with Gasteiger partial charge in [0, 0.05) is 48.5 Å². The lowest BCUT2D eigenvalue weighted by Crippen LogP contribution is -2.37. The molecule has 2 aromatic carbocycles. The van der Waals surface area contributed by atoms with Crippen molar-refractivity contribution < 1.29 is 14.3 Å². The average Bonchev–Trinajstić information content (AvgIpc) is 3.04. The van der Waals surface area contributed by atoms with Crippen LogP contribution in [0.15, 0.2) is 48.5 Å². The number of nitrogens with one attached hydrogen (secondary N) is 1. The molecule has 162 valence electrons. The molecule has 1 aromatic heterocycles. The maximum absolute atomic E-state index is 13.0. The van der Waals surface area contributed by atoms with Crippen LogP contribution in [0.4, 0.5) is 0 Å². The molecule has 31 heavy (non-hydrogen) atoms. The van der Waals surface area contributed by atoms with Gasteiger partial charge in [-0.2, -0.15) is 0 Å². The first-order valence-electron chi connectivity index (χ1n) is 10.5. The lowest BCUT2D eigenvalue weighted by molar-refractivity contribution is -0.131. The molecule has 0 atom stereocenters. The minimum Gasteiger partial charge on any atom is -0.497 e. The van der Waals surface area contributed by atoms with E-state index in [1.165, 1.54) is 0 Å². The quantitative estimate of drug-likeness (QED) is 0.649. The summed E-state index contributed by atoms with van der Waals surface area (Å²) in [5, 5.41) is 1.56. The van der Waals surface area contributed by atoms with E-state index in [2.05, 4.69) is 4.98 Å². The fourth-order valence-electron chi connectivity index (χ4n) is 3.96. The third-order valence-electron chi connectivity index (χ3n) is 5.74. The minimum absolute atomic E-state index is 0.0418. The van der Waals surface area contributed by atoms with Crippen molar-refractivity contribution in [1.29, 1.82) is 0 Å². The highest BCUT2D eigenvalue weighted by atomic mass is 35.5. The summed E-state index contributed by atoms with van der Waals surface area (Å²) in [6.07, 6.45) is 1.93. The van der Waals surface area contributed by atoms with E-state index in [4.69, 9.17) is 16.3 Å². The molecule has 0 saturated carbocycles. The lowest BCUT2D eigenvalue weighted by atomic mass is 10.1. The first-order chi connectivity index (χ1) is 15.0. The van der Waals surface area contributed by atoms with Crippen LogP contribution in [0.5, 0.6) is 5.75 Å². The van der Waals surface area contributed by atoms with E-state index < -0.39 is 0 Å². The first kappa shape index (κ1) is 21.2. The maximum Gasteiger partial charge on any atom is 0.270 e. The summed E-state index contributed by atoms with van der Waals surface area (Å²) < 4.78 is 5.17. The first-order valence-corrected chi connectivity index (χ1v) is 10.9. The molecule has 7 heteroatoms. The number of fused-ring (bicyclic) bond motifs is 1. The molecule has 2 amide bonds. The summed E-state index contributed by atoms with van der Waals surface area (Å²) in [4.78, 5) is 32.6. The number of aromatic nitrogens is 1. The monoisotopic (exact) mass is 439 g/mol. The van der Waals surface area contributed by atoms with Crippen molar-refractivity contribution in [2.24, 2.45) is 0 Å². The zero-order chi connectivity index (χ0) is 21.8. The molecule has 0 aliphatic carbocycles. The minimum atomic E-state index is -0.0418. The number of rotatable bonds is 5. The largest absolute Gasteiger partial charge is 0.497 e. The van der Waals surface area contributed by atoms with Gasteiger partial charge in [0.15, 0.2) is 0 Å². The average molecular weight is 440 g/mol. The molecule has 1 N–H and O–H groups in total. The molecule has 1 saturated heterocycles. The highest BCUT2D eigenvalue weighted by Crippen LogP contribution is 2.21. The Balaban J connectivity index is 1.33. The van der Waals surface area contributed by atoms with E-state index in [0.29, 0.717) is 49.7 Å². The van der Waals surface area contributed by atoms with Gasteiger partial charge in [-0.3, -0.25) is 9.59 Å². The van der Waals surface area contributed by atoms with Gasteiger partial charge in [-0.05, 0) is 54.8 Å². The van der Waals surface area contributed by atoms with Gasteiger partial charge in [0.1, 0.15) is 11.4 Å². The summed E-state index contributed by atoms with van der Waals surface area (Å²) in [7, 11) is 1.64. The molecule has 0 bridgehead atoms. The summed E-state index contributed by atoms with van der Waals surface area (Å²) in [6, 6.07) is 15.2. The van der Waals surface area contributed by atoms with Crippen LogP contribution in [0.3, 0.4) is 0 Å². The van der Waals surface area contributed by atoms with Crippen LogP contribution in [-0.2, 0) is 11.2 Å². The molecule has 1 fully saturated rings. The number of H-pyrrole nitrogens is 1. The zero-order valence-electron chi connectivity index (χ0n) is 17.6. The number of nitrogens with zero attached hydrogens (tertiary/aromatic N) is 2. The molecule has 0 radical (unpaired) electrons. The number of ether oxygens (including phenoxy) is 1. The predicted molar refractivity (Wildman–Crippen MR) is 122 cm³/mol. The number of carbonyl (C=O) groups excluding carboxylic acids is 2. The molecule has 0 unspecified atom stereocenters. The second-order valence-corrected chi connectivity index (χ2v) is 8.23. The van der Waals surface area contributed by atoms with Crippen molar-refractivity contribution in [1.82, 2.24) is 14.8 Å². The number of aromatic amines is 1. The van der Waals surface area contributed by atoms with E-state index in [1.807, 2.05) is 52.3 Å². The fourth-order valence-corrected chi connectivity index (χ4v) is 4.14.